The summed E-state index contributed by atoms with van der Waals surface area (Å²) in [6, 6.07) is 6.29. The lowest BCUT2D eigenvalue weighted by Crippen LogP contribution is -2.43. The van der Waals surface area contributed by atoms with Crippen molar-refractivity contribution in [2.24, 2.45) is 0 Å². The second-order valence-electron chi connectivity index (χ2n) is 6.60. The van der Waals surface area contributed by atoms with E-state index in [-0.39, 0.29) is 12.1 Å². The molecule has 2 aromatic heterocycles. The third-order valence-electron chi connectivity index (χ3n) is 4.36. The quantitative estimate of drug-likeness (QED) is 0.411. The number of hydrogen-bond donors (Lipinski definition) is 3. The van der Waals surface area contributed by atoms with Gasteiger partial charge < -0.3 is 20.0 Å². The highest BCUT2D eigenvalue weighted by Crippen LogP contribution is 2.24. The Morgan fingerprint density at radius 2 is 2.13 bits per heavy atom. The standard InChI is InChI=1S/C20H22ClN5O3S/c1-2-7-30-20-23-10-17(26(20)11-13-5-3-4-6-15(13)21)18(27)25-16(19(28)29)8-14-9-22-12-24-14/h3-6,9-10,12,16H,2,7-8,11H2,1H3,(H,22,24)(H,25,27)(H,28,29)/t16-/m0/s1. The Morgan fingerprint density at radius 1 is 1.33 bits per heavy atom. The summed E-state index contributed by atoms with van der Waals surface area (Å²) in [4.78, 5) is 35.8. The highest BCUT2D eigenvalue weighted by molar-refractivity contribution is 7.99. The van der Waals surface area contributed by atoms with E-state index in [1.807, 2.05) is 18.2 Å². The minimum absolute atomic E-state index is 0.0944. The maximum atomic E-state index is 13.0. The lowest BCUT2D eigenvalue weighted by atomic mass is 10.1. The molecule has 1 atom stereocenters. The van der Waals surface area contributed by atoms with Crippen molar-refractivity contribution in [1.29, 1.82) is 0 Å². The predicted molar refractivity (Wildman–Crippen MR) is 115 cm³/mol. The van der Waals surface area contributed by atoms with E-state index < -0.39 is 17.9 Å². The van der Waals surface area contributed by atoms with Gasteiger partial charge in [0.1, 0.15) is 11.7 Å². The molecule has 3 rings (SSSR count). The van der Waals surface area contributed by atoms with Crippen molar-refractivity contribution < 1.29 is 14.7 Å². The Morgan fingerprint density at radius 3 is 2.80 bits per heavy atom. The summed E-state index contributed by atoms with van der Waals surface area (Å²) in [5, 5.41) is 13.4. The SMILES string of the molecule is CCCSc1ncc(C(=O)N[C@@H](Cc2cnc[nH]2)C(=O)O)n1Cc1ccccc1Cl. The van der Waals surface area contributed by atoms with Gasteiger partial charge in [-0.05, 0) is 18.1 Å². The molecule has 0 saturated heterocycles. The molecule has 0 aliphatic carbocycles. The first-order valence-electron chi connectivity index (χ1n) is 9.42. The Hall–Kier alpha value is -2.78. The fourth-order valence-electron chi connectivity index (χ4n) is 2.85. The highest BCUT2D eigenvalue weighted by atomic mass is 35.5. The second kappa shape index (κ2) is 10.3. The van der Waals surface area contributed by atoms with Crippen LogP contribution < -0.4 is 5.32 Å². The van der Waals surface area contributed by atoms with Gasteiger partial charge >= 0.3 is 5.97 Å². The number of benzene rings is 1. The molecule has 0 fully saturated rings. The summed E-state index contributed by atoms with van der Waals surface area (Å²) in [7, 11) is 0. The van der Waals surface area contributed by atoms with Crippen LogP contribution in [0.15, 0.2) is 48.1 Å². The summed E-state index contributed by atoms with van der Waals surface area (Å²) in [6.07, 6.45) is 5.52. The molecular formula is C20H22ClN5O3S. The van der Waals surface area contributed by atoms with E-state index in [4.69, 9.17) is 11.6 Å². The number of carbonyl (C=O) groups excluding carboxylic acids is 1. The van der Waals surface area contributed by atoms with Gasteiger partial charge in [0.2, 0.25) is 0 Å². The van der Waals surface area contributed by atoms with E-state index in [1.165, 1.54) is 30.5 Å². The van der Waals surface area contributed by atoms with Gasteiger partial charge in [-0.25, -0.2) is 14.8 Å². The van der Waals surface area contributed by atoms with Gasteiger partial charge in [-0.3, -0.25) is 4.79 Å². The number of rotatable bonds is 10. The van der Waals surface area contributed by atoms with E-state index in [1.54, 1.807) is 10.6 Å². The van der Waals surface area contributed by atoms with E-state index in [0.29, 0.717) is 22.4 Å². The van der Waals surface area contributed by atoms with Crippen molar-refractivity contribution in [3.8, 4) is 0 Å². The molecule has 0 bridgehead atoms. The Kier molecular flexibility index (Phi) is 7.53. The van der Waals surface area contributed by atoms with Gasteiger partial charge in [0.05, 0.1) is 19.1 Å². The molecule has 3 N–H and O–H groups in total. The molecule has 0 radical (unpaired) electrons. The molecule has 2 heterocycles. The molecule has 0 spiro atoms. The predicted octanol–water partition coefficient (Wildman–Crippen LogP) is 3.24. The number of carbonyl (C=O) groups is 2. The van der Waals surface area contributed by atoms with Crippen LogP contribution in [0.5, 0.6) is 0 Å². The molecular weight excluding hydrogens is 426 g/mol. The molecule has 3 aromatic rings. The van der Waals surface area contributed by atoms with Gasteiger partial charge in [0.25, 0.3) is 5.91 Å². The molecule has 0 aliphatic rings. The number of nitrogens with one attached hydrogen (secondary N) is 2. The average Bonchev–Trinajstić information content (AvgIpc) is 3.37. The van der Waals surface area contributed by atoms with Gasteiger partial charge in [-0.15, -0.1) is 0 Å². The lowest BCUT2D eigenvalue weighted by molar-refractivity contribution is -0.139. The number of halogens is 1. The van der Waals surface area contributed by atoms with Crippen LogP contribution in [0, 0.1) is 0 Å². The van der Waals surface area contributed by atoms with Crippen LogP contribution in [0.1, 0.15) is 35.1 Å². The molecule has 1 aromatic carbocycles. The second-order valence-corrected chi connectivity index (χ2v) is 8.07. The number of H-pyrrole nitrogens is 1. The van der Waals surface area contributed by atoms with Crippen molar-refractivity contribution in [3.05, 3.63) is 65.0 Å². The molecule has 0 saturated carbocycles. The minimum Gasteiger partial charge on any atom is -0.480 e. The Bertz CT molecular complexity index is 1010. The molecule has 30 heavy (non-hydrogen) atoms. The van der Waals surface area contributed by atoms with Crippen LogP contribution >= 0.6 is 23.4 Å². The number of imidazole rings is 2. The zero-order valence-electron chi connectivity index (χ0n) is 16.3. The third kappa shape index (κ3) is 5.43. The van der Waals surface area contributed by atoms with Gasteiger partial charge in [0, 0.05) is 29.1 Å². The first-order valence-corrected chi connectivity index (χ1v) is 10.8. The van der Waals surface area contributed by atoms with Crippen LogP contribution in [-0.4, -0.2) is 48.3 Å². The first kappa shape index (κ1) is 21.9. The van der Waals surface area contributed by atoms with E-state index in [9.17, 15) is 14.7 Å². The number of thioether (sulfide) groups is 1. The van der Waals surface area contributed by atoms with Crippen molar-refractivity contribution in [1.82, 2.24) is 24.8 Å². The van der Waals surface area contributed by atoms with Crippen LogP contribution in [0.3, 0.4) is 0 Å². The number of aromatic nitrogens is 4. The normalized spacial score (nSPS) is 11.9. The maximum Gasteiger partial charge on any atom is 0.326 e. The van der Waals surface area contributed by atoms with Crippen LogP contribution in [0.4, 0.5) is 0 Å². The monoisotopic (exact) mass is 447 g/mol. The minimum atomic E-state index is -1.13. The number of aliphatic carboxylic acids is 1. The molecule has 10 heteroatoms. The van der Waals surface area contributed by atoms with Crippen LogP contribution in [0.25, 0.3) is 0 Å². The lowest BCUT2D eigenvalue weighted by Gasteiger charge is -2.16. The summed E-state index contributed by atoms with van der Waals surface area (Å²) in [5.74, 6) is -0.793. The zero-order chi connectivity index (χ0) is 21.5. The largest absolute Gasteiger partial charge is 0.480 e. The number of hydrogen-bond acceptors (Lipinski definition) is 5. The Labute approximate surface area is 183 Å². The molecule has 158 valence electrons. The summed E-state index contributed by atoms with van der Waals surface area (Å²) >= 11 is 7.85. The molecule has 8 nitrogen and oxygen atoms in total. The van der Waals surface area contributed by atoms with E-state index >= 15 is 0 Å². The number of nitrogens with zero attached hydrogens (tertiary/aromatic N) is 3. The summed E-state index contributed by atoms with van der Waals surface area (Å²) < 4.78 is 1.77. The zero-order valence-corrected chi connectivity index (χ0v) is 17.9. The van der Waals surface area contributed by atoms with E-state index in [0.717, 1.165) is 17.7 Å². The molecule has 0 unspecified atom stereocenters. The number of carboxylic acids is 1. The Balaban J connectivity index is 1.85. The van der Waals surface area contributed by atoms with Crippen LogP contribution in [-0.2, 0) is 17.8 Å². The van der Waals surface area contributed by atoms with Crippen molar-refractivity contribution in [2.75, 3.05) is 5.75 Å². The number of carboxylic acid groups (broad SMARTS) is 1. The van der Waals surface area contributed by atoms with Crippen molar-refractivity contribution in [3.63, 3.8) is 0 Å². The summed E-state index contributed by atoms with van der Waals surface area (Å²) in [6.45, 7) is 2.42. The highest BCUT2D eigenvalue weighted by Gasteiger charge is 2.25. The first-order chi connectivity index (χ1) is 14.5. The molecule has 1 amide bonds. The van der Waals surface area contributed by atoms with Crippen molar-refractivity contribution >= 4 is 35.2 Å². The van der Waals surface area contributed by atoms with Crippen molar-refractivity contribution in [2.45, 2.75) is 37.5 Å². The number of aromatic amines is 1. The summed E-state index contributed by atoms with van der Waals surface area (Å²) in [5.41, 5.74) is 1.74. The topological polar surface area (TPSA) is 113 Å². The third-order valence-corrected chi connectivity index (χ3v) is 5.92. The van der Waals surface area contributed by atoms with Crippen LogP contribution in [0.2, 0.25) is 5.02 Å². The van der Waals surface area contributed by atoms with Gasteiger partial charge in [-0.2, -0.15) is 0 Å². The van der Waals surface area contributed by atoms with E-state index in [2.05, 4.69) is 27.2 Å². The fourth-order valence-corrected chi connectivity index (χ4v) is 3.87. The smallest absolute Gasteiger partial charge is 0.326 e. The number of amides is 1. The fraction of sp³-hybridized carbons (Fsp3) is 0.300. The van der Waals surface area contributed by atoms with Gasteiger partial charge in [0.15, 0.2) is 5.16 Å². The average molecular weight is 448 g/mol. The van der Waals surface area contributed by atoms with Gasteiger partial charge in [-0.1, -0.05) is 48.5 Å². The molecule has 0 aliphatic heterocycles. The maximum absolute atomic E-state index is 13.0.